The normalized spacial score (nSPS) is 16.2. The molecule has 1 N–H and O–H groups in total. The molecule has 28 heavy (non-hydrogen) atoms. The first-order valence-corrected chi connectivity index (χ1v) is 11.6. The first-order chi connectivity index (χ1) is 13.4. The third kappa shape index (κ3) is 3.77. The molecule has 0 saturated carbocycles. The Morgan fingerprint density at radius 3 is 2.71 bits per heavy atom. The van der Waals surface area contributed by atoms with Gasteiger partial charge in [-0.25, -0.2) is 13.4 Å². The molecule has 0 unspecified atom stereocenters. The Bertz CT molecular complexity index is 1140. The van der Waals surface area contributed by atoms with Crippen LogP contribution in [0.2, 0.25) is 0 Å². The number of thiophene rings is 1. The fourth-order valence-electron chi connectivity index (χ4n) is 3.11. The number of carbonyl (C=O) groups excluding carboxylic acids is 1. The number of carbonyl (C=O) groups is 1. The van der Waals surface area contributed by atoms with Gasteiger partial charge in [0.2, 0.25) is 15.9 Å². The molecule has 3 aromatic rings. The van der Waals surface area contributed by atoms with Gasteiger partial charge in [0.1, 0.15) is 10.5 Å². The lowest BCUT2D eigenvalue weighted by Crippen LogP contribution is -2.50. The topological polar surface area (TPSA) is 86.4 Å². The molecule has 1 aliphatic heterocycles. The Kier molecular flexibility index (Phi) is 5.37. The van der Waals surface area contributed by atoms with E-state index in [0.29, 0.717) is 24.1 Å². The smallest absolute Gasteiger partial charge is 0.246 e. The van der Waals surface area contributed by atoms with E-state index in [2.05, 4.69) is 25.9 Å². The molecule has 0 radical (unpaired) electrons. The van der Waals surface area contributed by atoms with Crippen LogP contribution < -0.4 is 0 Å². The molecule has 4 rings (SSSR count). The van der Waals surface area contributed by atoms with Crippen molar-refractivity contribution in [1.29, 1.82) is 0 Å². The van der Waals surface area contributed by atoms with Crippen LogP contribution in [0.1, 0.15) is 4.88 Å². The van der Waals surface area contributed by atoms with E-state index in [-0.39, 0.29) is 23.9 Å². The number of hydrogen-bond donors (Lipinski definition) is 1. The molecule has 1 fully saturated rings. The maximum Gasteiger partial charge on any atom is 0.246 e. The van der Waals surface area contributed by atoms with Crippen LogP contribution >= 0.6 is 27.3 Å². The van der Waals surface area contributed by atoms with E-state index < -0.39 is 10.0 Å². The quantitative estimate of drug-likeness (QED) is 0.581. The van der Waals surface area contributed by atoms with Crippen molar-refractivity contribution in [2.45, 2.75) is 4.90 Å². The Balaban J connectivity index is 1.43. The molecular formula is C18H17BrN4O3S2. The second-order valence-corrected chi connectivity index (χ2v) is 10.7. The van der Waals surface area contributed by atoms with Crippen LogP contribution in [0.5, 0.6) is 0 Å². The zero-order valence-electron chi connectivity index (χ0n) is 14.7. The van der Waals surface area contributed by atoms with Crippen LogP contribution in [0, 0.1) is 0 Å². The minimum Gasteiger partial charge on any atom is -0.345 e. The summed E-state index contributed by atoms with van der Waals surface area (Å²) in [5.74, 6) is -0.113. The van der Waals surface area contributed by atoms with E-state index in [1.165, 1.54) is 16.6 Å². The summed E-state index contributed by atoms with van der Waals surface area (Å²) in [5.41, 5.74) is 0.542. The second-order valence-electron chi connectivity index (χ2n) is 6.26. The predicted molar refractivity (Wildman–Crippen MR) is 112 cm³/mol. The number of nitrogens with one attached hydrogen (secondary N) is 1. The Morgan fingerprint density at radius 1 is 1.21 bits per heavy atom. The lowest BCUT2D eigenvalue weighted by molar-refractivity contribution is -0.127. The number of aromatic amines is 1. The van der Waals surface area contributed by atoms with Gasteiger partial charge in [0.15, 0.2) is 0 Å². The molecule has 0 aromatic carbocycles. The van der Waals surface area contributed by atoms with Crippen molar-refractivity contribution in [1.82, 2.24) is 19.2 Å². The van der Waals surface area contributed by atoms with Gasteiger partial charge in [0, 0.05) is 54.9 Å². The maximum absolute atomic E-state index is 13.0. The van der Waals surface area contributed by atoms with Gasteiger partial charge in [-0.1, -0.05) is 0 Å². The third-order valence-corrected chi connectivity index (χ3v) is 8.09. The van der Waals surface area contributed by atoms with E-state index in [1.54, 1.807) is 40.6 Å². The van der Waals surface area contributed by atoms with Crippen LogP contribution in [-0.4, -0.2) is 59.7 Å². The van der Waals surface area contributed by atoms with Crippen molar-refractivity contribution < 1.29 is 13.2 Å². The number of halogens is 1. The Hall–Kier alpha value is -2.01. The first-order valence-electron chi connectivity index (χ1n) is 8.60. The number of fused-ring (bicyclic) bond motifs is 1. The molecule has 1 saturated heterocycles. The van der Waals surface area contributed by atoms with Gasteiger partial charge in [0.05, 0.1) is 3.79 Å². The molecule has 0 spiro atoms. The van der Waals surface area contributed by atoms with E-state index in [1.807, 2.05) is 12.1 Å². The van der Waals surface area contributed by atoms with Gasteiger partial charge in [-0.05, 0) is 46.3 Å². The SMILES string of the molecule is O=C(/C=C/c1ccc(Br)s1)N1CCN(S(=O)(=O)c2c[nH]c3ncccc23)CC1. The van der Waals surface area contributed by atoms with Gasteiger partial charge < -0.3 is 9.88 Å². The number of H-pyrrole nitrogens is 1. The summed E-state index contributed by atoms with van der Waals surface area (Å²) < 4.78 is 28.4. The van der Waals surface area contributed by atoms with Crippen LogP contribution in [0.15, 0.2) is 51.4 Å². The predicted octanol–water partition coefficient (Wildman–Crippen LogP) is 2.93. The molecule has 0 aliphatic carbocycles. The zero-order chi connectivity index (χ0) is 19.7. The van der Waals surface area contributed by atoms with Crippen LogP contribution in [-0.2, 0) is 14.8 Å². The van der Waals surface area contributed by atoms with Crippen molar-refractivity contribution in [3.8, 4) is 0 Å². The number of nitrogens with zero attached hydrogens (tertiary/aromatic N) is 3. The highest BCUT2D eigenvalue weighted by Gasteiger charge is 2.31. The van der Waals surface area contributed by atoms with Gasteiger partial charge in [0.25, 0.3) is 0 Å². The molecule has 146 valence electrons. The van der Waals surface area contributed by atoms with Crippen molar-refractivity contribution in [2.75, 3.05) is 26.2 Å². The molecular weight excluding hydrogens is 464 g/mol. The number of sulfonamides is 1. The molecule has 4 heterocycles. The Labute approximate surface area is 174 Å². The monoisotopic (exact) mass is 480 g/mol. The number of hydrogen-bond acceptors (Lipinski definition) is 5. The lowest BCUT2D eigenvalue weighted by Gasteiger charge is -2.33. The summed E-state index contributed by atoms with van der Waals surface area (Å²) in [4.78, 5) is 22.3. The van der Waals surface area contributed by atoms with Crippen molar-refractivity contribution in [3.63, 3.8) is 0 Å². The van der Waals surface area contributed by atoms with Crippen LogP contribution in [0.3, 0.4) is 0 Å². The first kappa shape index (κ1) is 19.3. The summed E-state index contributed by atoms with van der Waals surface area (Å²) in [6.45, 7) is 1.24. The van der Waals surface area contributed by atoms with Crippen LogP contribution in [0.4, 0.5) is 0 Å². The standard InChI is InChI=1S/C18H17BrN4O3S2/c19-16-5-3-13(27-16)4-6-17(24)22-8-10-23(11-9-22)28(25,26)15-12-21-18-14(15)2-1-7-20-18/h1-7,12H,8-11H2,(H,20,21)/b6-4+. The zero-order valence-corrected chi connectivity index (χ0v) is 17.9. The number of aromatic nitrogens is 2. The summed E-state index contributed by atoms with van der Waals surface area (Å²) in [5, 5.41) is 0.575. The lowest BCUT2D eigenvalue weighted by atomic mass is 10.3. The molecule has 0 atom stereocenters. The fraction of sp³-hybridized carbons (Fsp3) is 0.222. The number of piperazine rings is 1. The molecule has 7 nitrogen and oxygen atoms in total. The van der Waals surface area contributed by atoms with Crippen molar-refractivity contribution in [3.05, 3.63) is 51.4 Å². The summed E-state index contributed by atoms with van der Waals surface area (Å²) in [6.07, 6.45) is 6.40. The molecule has 3 aromatic heterocycles. The third-order valence-electron chi connectivity index (χ3n) is 4.57. The summed E-state index contributed by atoms with van der Waals surface area (Å²) in [7, 11) is -3.64. The highest BCUT2D eigenvalue weighted by molar-refractivity contribution is 9.11. The van der Waals surface area contributed by atoms with E-state index in [4.69, 9.17) is 0 Å². The average Bonchev–Trinajstić information content (AvgIpc) is 3.32. The largest absolute Gasteiger partial charge is 0.345 e. The maximum atomic E-state index is 13.0. The van der Waals surface area contributed by atoms with Gasteiger partial charge in [-0.3, -0.25) is 4.79 Å². The van der Waals surface area contributed by atoms with Crippen LogP contribution in [0.25, 0.3) is 17.1 Å². The van der Waals surface area contributed by atoms with E-state index in [9.17, 15) is 13.2 Å². The van der Waals surface area contributed by atoms with Gasteiger partial charge in [-0.2, -0.15) is 4.31 Å². The minimum absolute atomic E-state index is 0.113. The Morgan fingerprint density at radius 2 is 2.00 bits per heavy atom. The number of pyridine rings is 1. The number of amides is 1. The van der Waals surface area contributed by atoms with Crippen molar-refractivity contribution >= 4 is 60.3 Å². The van der Waals surface area contributed by atoms with E-state index >= 15 is 0 Å². The fourth-order valence-corrected chi connectivity index (χ4v) is 6.01. The molecule has 1 amide bonds. The molecule has 1 aliphatic rings. The summed E-state index contributed by atoms with van der Waals surface area (Å²) in [6, 6.07) is 7.31. The second kappa shape index (κ2) is 7.78. The molecule has 10 heteroatoms. The van der Waals surface area contributed by atoms with Gasteiger partial charge >= 0.3 is 0 Å². The minimum atomic E-state index is -3.64. The highest BCUT2D eigenvalue weighted by Crippen LogP contribution is 2.25. The van der Waals surface area contributed by atoms with Crippen molar-refractivity contribution in [2.24, 2.45) is 0 Å². The van der Waals surface area contributed by atoms with E-state index in [0.717, 1.165) is 8.66 Å². The summed E-state index contributed by atoms with van der Waals surface area (Å²) >= 11 is 4.94. The number of rotatable bonds is 4. The average molecular weight is 481 g/mol. The van der Waals surface area contributed by atoms with Gasteiger partial charge in [-0.15, -0.1) is 11.3 Å². The molecule has 0 bridgehead atoms. The highest BCUT2D eigenvalue weighted by atomic mass is 79.9.